The van der Waals surface area contributed by atoms with Gasteiger partial charge >= 0.3 is 11.9 Å². The maximum absolute atomic E-state index is 15.4. The number of aromatic nitrogens is 4. The summed E-state index contributed by atoms with van der Waals surface area (Å²) in [7, 11) is 1.47. The van der Waals surface area contributed by atoms with Crippen LogP contribution in [0, 0.1) is 30.1 Å². The fourth-order valence-corrected chi connectivity index (χ4v) is 15.4. The van der Waals surface area contributed by atoms with Gasteiger partial charge in [0.25, 0.3) is 5.91 Å². The number of terminal acetylenes is 1. The minimum atomic E-state index is -1.87. The molecule has 1 aliphatic heterocycles. The molecule has 15 amide bonds. The Balaban J connectivity index is 1.49. The topological polar surface area (TPSA) is 596 Å². The third kappa shape index (κ3) is 34.2. The van der Waals surface area contributed by atoms with Crippen molar-refractivity contribution in [1.82, 2.24) is 94.0 Å². The molecule has 3 aromatic heterocycles. The number of aromatic amines is 2. The Morgan fingerprint density at radius 3 is 1.77 bits per heavy atom. The molecular weight excluding hydrogens is 1670 g/mol. The van der Waals surface area contributed by atoms with Gasteiger partial charge < -0.3 is 113 Å². The molecule has 13 atom stereocenters. The molecule has 682 valence electrons. The molecule has 0 saturated carbocycles. The van der Waals surface area contributed by atoms with E-state index >= 15 is 14.4 Å². The number of carboxylic acids is 2. The first kappa shape index (κ1) is 102. The number of hydrogen-bond donors (Lipinski definition) is 19. The van der Waals surface area contributed by atoms with Crippen LogP contribution in [0.5, 0.6) is 0 Å². The lowest BCUT2D eigenvalue weighted by Gasteiger charge is -2.29. The average molecular weight is 1780 g/mol. The van der Waals surface area contributed by atoms with Crippen LogP contribution in [-0.4, -0.2) is 272 Å². The van der Waals surface area contributed by atoms with Crippen LogP contribution in [0.25, 0.3) is 21.8 Å². The van der Waals surface area contributed by atoms with Crippen molar-refractivity contribution in [2.24, 2.45) is 17.8 Å². The predicted molar refractivity (Wildman–Crippen MR) is 457 cm³/mol. The van der Waals surface area contributed by atoms with E-state index in [1.54, 1.807) is 102 Å². The molecule has 43 heteroatoms. The molecule has 41 nitrogen and oxygen atoms in total. The number of carbonyl (C=O) groups is 17. The number of aliphatic carboxylic acids is 2. The highest BCUT2D eigenvalue weighted by Crippen LogP contribution is 2.27. The van der Waals surface area contributed by atoms with E-state index in [4.69, 9.17) is 20.6 Å². The van der Waals surface area contributed by atoms with Crippen LogP contribution in [-0.2, 0) is 122 Å². The molecule has 0 unspecified atom stereocenters. The molecule has 2 aromatic carbocycles. The van der Waals surface area contributed by atoms with Gasteiger partial charge in [-0.1, -0.05) is 105 Å². The number of imidazole rings is 1. The van der Waals surface area contributed by atoms with Crippen LogP contribution in [0.3, 0.4) is 0 Å². The fraction of sp³-hybridized carbons (Fsp3) is 0.537. The van der Waals surface area contributed by atoms with E-state index < -0.39 is 222 Å². The average Bonchev–Trinajstić information content (AvgIpc) is 1.65. The van der Waals surface area contributed by atoms with Crippen molar-refractivity contribution in [3.8, 4) is 12.3 Å². The number of amides is 15. The highest BCUT2D eigenvalue weighted by atomic mass is 33.1. The molecule has 1 fully saturated rings. The Hall–Kier alpha value is -12.0. The van der Waals surface area contributed by atoms with Gasteiger partial charge in [-0.2, -0.15) is 0 Å². The molecule has 1 saturated heterocycles. The number of carbonyl (C=O) groups excluding carboxylic acids is 15. The van der Waals surface area contributed by atoms with Gasteiger partial charge in [0.05, 0.1) is 58.4 Å². The predicted octanol–water partition coefficient (Wildman–Crippen LogP) is -1.94. The van der Waals surface area contributed by atoms with Crippen molar-refractivity contribution in [3.63, 3.8) is 0 Å². The Morgan fingerprint density at radius 2 is 1.16 bits per heavy atom. The second-order valence-corrected chi connectivity index (χ2v) is 33.6. The van der Waals surface area contributed by atoms with E-state index in [-0.39, 0.29) is 95.8 Å². The van der Waals surface area contributed by atoms with Crippen LogP contribution in [0.1, 0.15) is 118 Å². The molecular formula is C82H114N18O23S2. The van der Waals surface area contributed by atoms with E-state index in [1.807, 2.05) is 9.88 Å². The standard InChI is InChI=1S/C82H114N18O23S2/c1-12-24-121-26-28-123-29-27-122-25-23-100-39-51(54-18-14-16-20-65(54)100)33-60-74(112)94-61(34-52-37-83-42-86-52)76(114)92-57(30-43(2)3)72(110)85-38-66(104)90-56(21-22-67(105)106)73(111)93-58(31-44(4)5)78(116)98-69(45(6)7)81(119)95-59(32-50-36-84-55-19-15-13-17-53(50)55)75(113)97-64(80(118)99-70(47(9)101)82(120)89-49(11)103)41-125-124-40-63(79(117)87-46(8)71(109)91-60)96-77(115)62(35-68(107)108)88-48(10)102/h1,13-20,36-37,39,42-47,56-64,69-70,84,101H,21-35,38,40-41H2,2-11H3,(H,83,86)(H,85,110)(H,87,117)(H,88,102)(H,90,104)(H,91,109)(H,92,114)(H,93,111)(H,94,112)(H,95,119)(H,96,115)(H,97,113)(H,98,116)(H,99,118)(H,105,106)(H,107,108)(H,89,103,120)/t46-,47+,56-,57-,58-,59-,60-,61-,62-,63-,64-,69-,70-/m0/s1. The van der Waals surface area contributed by atoms with Gasteiger partial charge in [-0.3, -0.25) is 86.8 Å². The van der Waals surface area contributed by atoms with Gasteiger partial charge in [-0.15, -0.1) is 6.42 Å². The van der Waals surface area contributed by atoms with Crippen molar-refractivity contribution in [2.45, 2.75) is 206 Å². The summed E-state index contributed by atoms with van der Waals surface area (Å²) >= 11 is 0. The largest absolute Gasteiger partial charge is 0.481 e. The molecule has 6 rings (SSSR count). The number of fused-ring (bicyclic) bond motifs is 2. The SMILES string of the molecule is C#CCOCCOCCOCCn1cc(C[C@@H]2NC(=O)[C@H](C)NC(=O)[C@@H](NC(=O)[C@H](CC(=O)O)NC(C)=O)CSSC[C@@H](C(=O)N[C@H](C(=O)NC(C)=O)[C@@H](C)O)NC(=O)[C@H](Cc3c[nH]c4ccccc34)NC(=O)[C@H](C(C)C)NC(=O)[C@H](CC(C)C)NC(=O)[C@H](CCC(=O)O)NC(=O)CNC(=O)[C@H](CC(C)C)NC(=O)[C@H](Cc3cnc[nH]3)NC2=O)c2ccccc21. The van der Waals surface area contributed by atoms with Crippen molar-refractivity contribution in [2.75, 3.05) is 57.7 Å². The van der Waals surface area contributed by atoms with Crippen LogP contribution in [0.15, 0.2) is 73.4 Å². The Morgan fingerprint density at radius 1 is 0.592 bits per heavy atom. The normalized spacial score (nSPS) is 21.4. The monoisotopic (exact) mass is 1780 g/mol. The number of nitrogens with one attached hydrogen (secondary N) is 16. The molecule has 0 spiro atoms. The molecule has 125 heavy (non-hydrogen) atoms. The zero-order valence-corrected chi connectivity index (χ0v) is 72.8. The third-order valence-corrected chi connectivity index (χ3v) is 21.8. The second kappa shape index (κ2) is 51.3. The van der Waals surface area contributed by atoms with Crippen molar-refractivity contribution in [1.29, 1.82) is 0 Å². The first-order valence-electron chi connectivity index (χ1n) is 40.6. The van der Waals surface area contributed by atoms with Crippen LogP contribution < -0.4 is 74.4 Å². The van der Waals surface area contributed by atoms with E-state index in [0.717, 1.165) is 42.4 Å². The summed E-state index contributed by atoms with van der Waals surface area (Å²) in [4.78, 5) is 250. The van der Waals surface area contributed by atoms with Crippen LogP contribution >= 0.6 is 21.6 Å². The van der Waals surface area contributed by atoms with Crippen molar-refractivity contribution >= 4 is 144 Å². The third-order valence-electron chi connectivity index (χ3n) is 19.3. The number of aliphatic hydroxyl groups is 1. The van der Waals surface area contributed by atoms with Crippen molar-refractivity contribution in [3.05, 3.63) is 90.3 Å². The van der Waals surface area contributed by atoms with Gasteiger partial charge in [-0.05, 0) is 74.1 Å². The first-order chi connectivity index (χ1) is 59.3. The number of rotatable bonds is 33. The van der Waals surface area contributed by atoms with Crippen LogP contribution in [0.2, 0.25) is 0 Å². The lowest BCUT2D eigenvalue weighted by atomic mass is 9.98. The summed E-state index contributed by atoms with van der Waals surface area (Å²) < 4.78 is 18.6. The van der Waals surface area contributed by atoms with Gasteiger partial charge in [0.2, 0.25) is 82.7 Å². The zero-order chi connectivity index (χ0) is 92.1. The highest BCUT2D eigenvalue weighted by molar-refractivity contribution is 8.76. The smallest absolute Gasteiger partial charge is 0.305 e. The molecule has 19 N–H and O–H groups in total. The Labute approximate surface area is 729 Å². The molecule has 0 aliphatic carbocycles. The fourth-order valence-electron chi connectivity index (χ4n) is 13.1. The van der Waals surface area contributed by atoms with Gasteiger partial charge in [0.1, 0.15) is 79.1 Å². The molecule has 0 radical (unpaired) electrons. The number of para-hydroxylation sites is 2. The number of carboxylic acid groups (broad SMARTS) is 2. The minimum absolute atomic E-state index is 0.0834. The molecule has 1 aliphatic rings. The number of nitrogens with zero attached hydrogens (tertiary/aromatic N) is 2. The minimum Gasteiger partial charge on any atom is -0.481 e. The number of benzene rings is 2. The number of hydrogen-bond acceptors (Lipinski definition) is 24. The maximum atomic E-state index is 15.4. The number of H-pyrrole nitrogens is 2. The van der Waals surface area contributed by atoms with Gasteiger partial charge in [0.15, 0.2) is 0 Å². The van der Waals surface area contributed by atoms with E-state index in [0.29, 0.717) is 32.9 Å². The summed E-state index contributed by atoms with van der Waals surface area (Å²) in [5, 5.41) is 66.8. The lowest BCUT2D eigenvalue weighted by Crippen LogP contribution is -2.62. The summed E-state index contributed by atoms with van der Waals surface area (Å²) in [5.74, 6) is -18.8. The van der Waals surface area contributed by atoms with E-state index in [2.05, 4.69) is 90.0 Å². The highest BCUT2D eigenvalue weighted by Gasteiger charge is 2.39. The Kier molecular flexibility index (Phi) is 41.8. The van der Waals surface area contributed by atoms with Crippen molar-refractivity contribution < 1.29 is 111 Å². The van der Waals surface area contributed by atoms with Crippen LogP contribution in [0.4, 0.5) is 0 Å². The molecule has 5 aromatic rings. The van der Waals surface area contributed by atoms with Gasteiger partial charge in [-0.25, -0.2) is 4.98 Å². The molecule has 0 bridgehead atoms. The maximum Gasteiger partial charge on any atom is 0.305 e. The summed E-state index contributed by atoms with van der Waals surface area (Å²) in [6.07, 6.45) is 6.00. The summed E-state index contributed by atoms with van der Waals surface area (Å²) in [6.45, 7) is 14.9. The quantitative estimate of drug-likeness (QED) is 0.0123. The summed E-state index contributed by atoms with van der Waals surface area (Å²) in [6, 6.07) is -6.22. The number of ether oxygens (including phenoxy) is 3. The number of aliphatic hydroxyl groups excluding tert-OH is 1. The second-order valence-electron chi connectivity index (χ2n) is 31.0. The summed E-state index contributed by atoms with van der Waals surface area (Å²) in [5.41, 5.74) is 2.45. The lowest BCUT2D eigenvalue weighted by molar-refractivity contribution is -0.141. The molecule has 4 heterocycles. The first-order valence-corrected chi connectivity index (χ1v) is 43.1. The van der Waals surface area contributed by atoms with E-state index in [9.17, 15) is 82.4 Å². The Bertz CT molecular complexity index is 4610. The zero-order valence-electron chi connectivity index (χ0n) is 71.2. The van der Waals surface area contributed by atoms with E-state index in [1.165, 1.54) is 19.4 Å². The van der Waals surface area contributed by atoms with Gasteiger partial charge in [0, 0.05) is 104 Å². The number of imide groups is 1.